The normalized spacial score (nSPS) is 20.8. The number of rotatable bonds is 2. The first-order chi connectivity index (χ1) is 12.1. The lowest BCUT2D eigenvalue weighted by molar-refractivity contribution is -0.182. The number of amides is 3. The maximum absolute atomic E-state index is 13.8. The van der Waals surface area contributed by atoms with Crippen LogP contribution in [0.3, 0.4) is 0 Å². The van der Waals surface area contributed by atoms with Gasteiger partial charge in [0, 0.05) is 15.7 Å². The van der Waals surface area contributed by atoms with Gasteiger partial charge in [-0.2, -0.15) is 13.2 Å². The number of benzene rings is 2. The van der Waals surface area contributed by atoms with Crippen molar-refractivity contribution < 1.29 is 22.8 Å². The van der Waals surface area contributed by atoms with E-state index < -0.39 is 23.7 Å². The summed E-state index contributed by atoms with van der Waals surface area (Å²) in [4.78, 5) is 26.4. The van der Waals surface area contributed by atoms with E-state index in [0.717, 1.165) is 0 Å². The number of urea groups is 1. The molecule has 3 rings (SSSR count). The van der Waals surface area contributed by atoms with Crippen LogP contribution in [-0.4, -0.2) is 23.7 Å². The first kappa shape index (κ1) is 18.5. The van der Waals surface area contributed by atoms with E-state index in [4.69, 9.17) is 23.2 Å². The Morgan fingerprint density at radius 1 is 0.846 bits per heavy atom. The molecular formula is C17H11Cl2F3N2O2. The van der Waals surface area contributed by atoms with Crippen molar-refractivity contribution in [3.8, 4) is 0 Å². The first-order valence-electron chi connectivity index (χ1n) is 7.34. The van der Waals surface area contributed by atoms with E-state index in [-0.39, 0.29) is 16.4 Å². The van der Waals surface area contributed by atoms with Gasteiger partial charge in [-0.3, -0.25) is 9.69 Å². The lowest BCUT2D eigenvalue weighted by atomic mass is 9.99. The molecule has 1 unspecified atom stereocenters. The highest BCUT2D eigenvalue weighted by atomic mass is 35.5. The molecule has 1 heterocycles. The van der Waals surface area contributed by atoms with Crippen molar-refractivity contribution in [1.29, 1.82) is 0 Å². The molecule has 1 fully saturated rings. The third-order valence-corrected chi connectivity index (χ3v) is 4.67. The molecule has 0 bridgehead atoms. The van der Waals surface area contributed by atoms with Crippen molar-refractivity contribution >= 4 is 46.5 Å². The van der Waals surface area contributed by atoms with Crippen LogP contribution in [0.5, 0.6) is 0 Å². The molecule has 1 saturated heterocycles. The van der Waals surface area contributed by atoms with Gasteiger partial charge in [0.05, 0.1) is 5.69 Å². The third kappa shape index (κ3) is 2.71. The van der Waals surface area contributed by atoms with Crippen molar-refractivity contribution in [1.82, 2.24) is 0 Å². The van der Waals surface area contributed by atoms with E-state index in [1.54, 1.807) is 0 Å². The molecule has 1 aliphatic rings. The Morgan fingerprint density at radius 2 is 1.27 bits per heavy atom. The van der Waals surface area contributed by atoms with Crippen molar-refractivity contribution in [2.45, 2.75) is 18.6 Å². The van der Waals surface area contributed by atoms with Gasteiger partial charge in [0.15, 0.2) is 0 Å². The minimum atomic E-state index is -5.00. The molecule has 0 radical (unpaired) electrons. The van der Waals surface area contributed by atoms with Gasteiger partial charge in [-0.05, 0) is 55.5 Å². The van der Waals surface area contributed by atoms with Gasteiger partial charge in [-0.15, -0.1) is 0 Å². The number of hydrogen-bond donors (Lipinski definition) is 0. The van der Waals surface area contributed by atoms with E-state index in [2.05, 4.69) is 0 Å². The van der Waals surface area contributed by atoms with Crippen molar-refractivity contribution in [3.05, 3.63) is 58.6 Å². The van der Waals surface area contributed by atoms with Crippen LogP contribution in [0.4, 0.5) is 29.3 Å². The van der Waals surface area contributed by atoms with Crippen molar-refractivity contribution in [2.75, 3.05) is 9.80 Å². The number of nitrogens with zero attached hydrogens (tertiary/aromatic N) is 2. The van der Waals surface area contributed by atoms with Gasteiger partial charge in [-0.25, -0.2) is 9.69 Å². The summed E-state index contributed by atoms with van der Waals surface area (Å²) in [5.41, 5.74) is -3.15. The number of carbonyl (C=O) groups is 2. The predicted molar refractivity (Wildman–Crippen MR) is 92.7 cm³/mol. The smallest absolute Gasteiger partial charge is 0.271 e. The average molecular weight is 403 g/mol. The molecule has 0 spiro atoms. The molecule has 136 valence electrons. The zero-order valence-corrected chi connectivity index (χ0v) is 14.7. The van der Waals surface area contributed by atoms with Crippen LogP contribution in [0, 0.1) is 0 Å². The fraction of sp³-hybridized carbons (Fsp3) is 0.176. The minimum absolute atomic E-state index is 0.00339. The van der Waals surface area contributed by atoms with Crippen LogP contribution in [0.1, 0.15) is 6.92 Å². The lowest BCUT2D eigenvalue weighted by Crippen LogP contribution is -2.58. The molecule has 1 aliphatic heterocycles. The van der Waals surface area contributed by atoms with E-state index in [1.807, 2.05) is 0 Å². The van der Waals surface area contributed by atoms with Crippen LogP contribution in [0.2, 0.25) is 10.0 Å². The average Bonchev–Trinajstić information content (AvgIpc) is 2.77. The molecule has 26 heavy (non-hydrogen) atoms. The van der Waals surface area contributed by atoms with Gasteiger partial charge < -0.3 is 0 Å². The largest absolute Gasteiger partial charge is 0.421 e. The van der Waals surface area contributed by atoms with Gasteiger partial charge >= 0.3 is 12.2 Å². The topological polar surface area (TPSA) is 40.6 Å². The first-order valence-corrected chi connectivity index (χ1v) is 8.09. The Balaban J connectivity index is 2.17. The van der Waals surface area contributed by atoms with Crippen LogP contribution in [0.25, 0.3) is 0 Å². The SMILES string of the molecule is CC1(C(F)(F)F)C(=O)N(c2ccc(Cl)cc2)C(=O)N1c1ccc(Cl)cc1. The Bertz CT molecular complexity index is 869. The Hall–Kier alpha value is -2.25. The lowest BCUT2D eigenvalue weighted by Gasteiger charge is -2.33. The van der Waals surface area contributed by atoms with Crippen molar-refractivity contribution in [2.24, 2.45) is 0 Å². The summed E-state index contributed by atoms with van der Waals surface area (Å²) in [6, 6.07) is 9.46. The monoisotopic (exact) mass is 402 g/mol. The van der Waals surface area contributed by atoms with E-state index in [9.17, 15) is 22.8 Å². The second kappa shape index (κ2) is 6.17. The molecule has 1 atom stereocenters. The predicted octanol–water partition coefficient (Wildman–Crippen LogP) is 5.29. The zero-order valence-electron chi connectivity index (χ0n) is 13.2. The van der Waals surface area contributed by atoms with E-state index in [1.165, 1.54) is 48.5 Å². The Morgan fingerprint density at radius 3 is 1.69 bits per heavy atom. The Labute approximate surface area is 156 Å². The summed E-state index contributed by atoms with van der Waals surface area (Å²) in [5.74, 6) is -1.40. The summed E-state index contributed by atoms with van der Waals surface area (Å²) < 4.78 is 41.5. The highest BCUT2D eigenvalue weighted by molar-refractivity contribution is 6.32. The van der Waals surface area contributed by atoms with Gasteiger partial charge in [0.1, 0.15) is 0 Å². The molecule has 3 amide bonds. The van der Waals surface area contributed by atoms with Gasteiger partial charge in [-0.1, -0.05) is 23.2 Å². The quantitative estimate of drug-likeness (QED) is 0.640. The van der Waals surface area contributed by atoms with Gasteiger partial charge in [0.25, 0.3) is 5.91 Å². The number of alkyl halides is 3. The molecule has 0 N–H and O–H groups in total. The van der Waals surface area contributed by atoms with Crippen molar-refractivity contribution in [3.63, 3.8) is 0 Å². The highest BCUT2D eigenvalue weighted by Crippen LogP contribution is 2.45. The van der Waals surface area contributed by atoms with Crippen LogP contribution >= 0.6 is 23.2 Å². The highest BCUT2D eigenvalue weighted by Gasteiger charge is 2.69. The number of imide groups is 1. The molecular weight excluding hydrogens is 392 g/mol. The fourth-order valence-electron chi connectivity index (χ4n) is 2.72. The number of anilines is 2. The zero-order chi connectivity index (χ0) is 19.3. The van der Waals surface area contributed by atoms with Crippen LogP contribution in [0.15, 0.2) is 48.5 Å². The summed E-state index contributed by atoms with van der Waals surface area (Å²) in [6.45, 7) is 0.678. The minimum Gasteiger partial charge on any atom is -0.271 e. The van der Waals surface area contributed by atoms with E-state index in [0.29, 0.717) is 21.7 Å². The standard InChI is InChI=1S/C17H11Cl2F3N2O2/c1-16(17(20,21)22)14(25)23(12-6-2-10(18)3-7-12)15(26)24(16)13-8-4-11(19)5-9-13/h2-9H,1H3. The molecule has 2 aromatic rings. The number of hydrogen-bond acceptors (Lipinski definition) is 2. The number of halogens is 5. The molecule has 4 nitrogen and oxygen atoms in total. The van der Waals surface area contributed by atoms with Crippen LogP contribution in [-0.2, 0) is 4.79 Å². The maximum atomic E-state index is 13.8. The fourth-order valence-corrected chi connectivity index (χ4v) is 2.97. The molecule has 9 heteroatoms. The molecule has 0 aliphatic carbocycles. The number of carbonyl (C=O) groups excluding carboxylic acids is 2. The molecule has 0 saturated carbocycles. The molecule has 0 aromatic heterocycles. The summed E-state index contributed by atoms with van der Waals surface area (Å²) >= 11 is 11.5. The van der Waals surface area contributed by atoms with E-state index >= 15 is 0 Å². The maximum Gasteiger partial charge on any atom is 0.421 e. The summed E-state index contributed by atoms with van der Waals surface area (Å²) in [7, 11) is 0. The summed E-state index contributed by atoms with van der Waals surface area (Å²) in [6.07, 6.45) is -5.00. The Kier molecular flexibility index (Phi) is 4.40. The second-order valence-corrected chi connectivity index (χ2v) is 6.65. The van der Waals surface area contributed by atoms with Gasteiger partial charge in [0.2, 0.25) is 5.54 Å². The molecule has 2 aromatic carbocycles. The van der Waals surface area contributed by atoms with Crippen LogP contribution < -0.4 is 9.80 Å². The summed E-state index contributed by atoms with van der Waals surface area (Å²) in [5, 5.41) is 0.607. The second-order valence-electron chi connectivity index (χ2n) is 5.78. The third-order valence-electron chi connectivity index (χ3n) is 4.17.